The van der Waals surface area contributed by atoms with Gasteiger partial charge in [-0.25, -0.2) is 12.8 Å². The predicted octanol–water partition coefficient (Wildman–Crippen LogP) is 3.28. The molecule has 0 saturated heterocycles. The third-order valence-electron chi connectivity index (χ3n) is 3.53. The molecule has 1 fully saturated rings. The van der Waals surface area contributed by atoms with Gasteiger partial charge in [-0.3, -0.25) is 0 Å². The molecule has 1 aliphatic carbocycles. The Hall–Kier alpha value is -1.24. The molecule has 0 spiro atoms. The first-order valence-electron chi connectivity index (χ1n) is 6.87. The molecule has 0 unspecified atom stereocenters. The van der Waals surface area contributed by atoms with E-state index in [9.17, 15) is 12.8 Å². The Labute approximate surface area is 128 Å². The Kier molecular flexibility index (Phi) is 4.10. The highest BCUT2D eigenvalue weighted by molar-refractivity contribution is 7.89. The summed E-state index contributed by atoms with van der Waals surface area (Å²) in [5.41, 5.74) is 0. The zero-order valence-corrected chi connectivity index (χ0v) is 13.0. The number of sulfonamides is 1. The van der Waals surface area contributed by atoms with Crippen molar-refractivity contribution >= 4 is 21.4 Å². The predicted molar refractivity (Wildman–Crippen MR) is 81.3 cm³/mol. The summed E-state index contributed by atoms with van der Waals surface area (Å²) in [7, 11) is -3.54. The van der Waals surface area contributed by atoms with E-state index in [0.29, 0.717) is 13.0 Å². The fourth-order valence-corrected chi connectivity index (χ4v) is 4.66. The summed E-state index contributed by atoms with van der Waals surface area (Å²) in [6, 6.07) is 9.14. The second kappa shape index (κ2) is 5.87. The Morgan fingerprint density at radius 1 is 1.19 bits per heavy atom. The number of hydrogen-bond donors (Lipinski definition) is 0. The van der Waals surface area contributed by atoms with Crippen LogP contribution in [0, 0.1) is 5.82 Å². The van der Waals surface area contributed by atoms with Crippen LogP contribution in [0.1, 0.15) is 17.7 Å². The second-order valence-corrected chi connectivity index (χ2v) is 8.05. The average molecular weight is 325 g/mol. The molecule has 1 heterocycles. The largest absolute Gasteiger partial charge is 0.243 e. The van der Waals surface area contributed by atoms with Crippen LogP contribution in [-0.4, -0.2) is 25.3 Å². The van der Waals surface area contributed by atoms with Crippen molar-refractivity contribution in [3.8, 4) is 0 Å². The molecule has 3 nitrogen and oxygen atoms in total. The molecule has 1 aromatic heterocycles. The summed E-state index contributed by atoms with van der Waals surface area (Å²) >= 11 is 1.63. The fraction of sp³-hybridized carbons (Fsp3) is 0.333. The van der Waals surface area contributed by atoms with E-state index in [-0.39, 0.29) is 10.9 Å². The van der Waals surface area contributed by atoms with Crippen LogP contribution in [0.25, 0.3) is 0 Å². The van der Waals surface area contributed by atoms with Crippen LogP contribution in [0.2, 0.25) is 0 Å². The standard InChI is InChI=1S/C15H16FNO2S2/c16-12-3-7-15(8-4-12)21(18,19)17(13-5-6-13)10-9-14-2-1-11-20-14/h1-4,7-8,11,13H,5-6,9-10H2. The van der Waals surface area contributed by atoms with Gasteiger partial charge in [0.05, 0.1) is 4.90 Å². The van der Waals surface area contributed by atoms with E-state index in [1.807, 2.05) is 17.5 Å². The lowest BCUT2D eigenvalue weighted by atomic mass is 10.3. The van der Waals surface area contributed by atoms with Crippen molar-refractivity contribution in [2.75, 3.05) is 6.54 Å². The molecule has 0 N–H and O–H groups in total. The van der Waals surface area contributed by atoms with Crippen LogP contribution >= 0.6 is 11.3 Å². The van der Waals surface area contributed by atoms with Gasteiger partial charge in [-0.15, -0.1) is 11.3 Å². The molecule has 1 saturated carbocycles. The van der Waals surface area contributed by atoms with Gasteiger partial charge < -0.3 is 0 Å². The quantitative estimate of drug-likeness (QED) is 0.817. The highest BCUT2D eigenvalue weighted by Crippen LogP contribution is 2.32. The molecule has 0 bridgehead atoms. The summed E-state index contributed by atoms with van der Waals surface area (Å²) in [6.07, 6.45) is 2.53. The minimum Gasteiger partial charge on any atom is -0.207 e. The van der Waals surface area contributed by atoms with E-state index in [1.54, 1.807) is 15.6 Å². The van der Waals surface area contributed by atoms with Crippen molar-refractivity contribution in [2.45, 2.75) is 30.2 Å². The smallest absolute Gasteiger partial charge is 0.207 e. The highest BCUT2D eigenvalue weighted by atomic mass is 32.2. The lowest BCUT2D eigenvalue weighted by Gasteiger charge is -2.21. The van der Waals surface area contributed by atoms with Gasteiger partial charge in [0.25, 0.3) is 0 Å². The number of halogens is 1. The van der Waals surface area contributed by atoms with E-state index in [0.717, 1.165) is 12.8 Å². The molecule has 0 amide bonds. The zero-order valence-electron chi connectivity index (χ0n) is 11.4. The maximum absolute atomic E-state index is 13.0. The van der Waals surface area contributed by atoms with Crippen molar-refractivity contribution in [3.63, 3.8) is 0 Å². The maximum Gasteiger partial charge on any atom is 0.243 e. The Morgan fingerprint density at radius 3 is 2.48 bits per heavy atom. The number of hydrogen-bond acceptors (Lipinski definition) is 3. The van der Waals surface area contributed by atoms with E-state index < -0.39 is 15.8 Å². The summed E-state index contributed by atoms with van der Waals surface area (Å²) in [5.74, 6) is -0.425. The molecule has 6 heteroatoms. The first-order chi connectivity index (χ1) is 10.1. The van der Waals surface area contributed by atoms with E-state index in [1.165, 1.54) is 29.1 Å². The maximum atomic E-state index is 13.0. The van der Waals surface area contributed by atoms with Crippen LogP contribution in [-0.2, 0) is 16.4 Å². The number of benzene rings is 1. The topological polar surface area (TPSA) is 37.4 Å². The van der Waals surface area contributed by atoms with Crippen LogP contribution in [0.15, 0.2) is 46.7 Å². The van der Waals surface area contributed by atoms with Crippen molar-refractivity contribution in [3.05, 3.63) is 52.5 Å². The van der Waals surface area contributed by atoms with Gasteiger partial charge in [0.15, 0.2) is 0 Å². The van der Waals surface area contributed by atoms with Gasteiger partial charge in [0, 0.05) is 17.5 Å². The van der Waals surface area contributed by atoms with Gasteiger partial charge in [-0.2, -0.15) is 4.31 Å². The second-order valence-electron chi connectivity index (χ2n) is 5.13. The van der Waals surface area contributed by atoms with Gasteiger partial charge >= 0.3 is 0 Å². The molecular weight excluding hydrogens is 309 g/mol. The summed E-state index contributed by atoms with van der Waals surface area (Å²) < 4.78 is 39.9. The van der Waals surface area contributed by atoms with Crippen LogP contribution < -0.4 is 0 Å². The minimum absolute atomic E-state index is 0.0972. The monoisotopic (exact) mass is 325 g/mol. The summed E-state index contributed by atoms with van der Waals surface area (Å²) in [5, 5.41) is 1.99. The molecule has 1 aliphatic rings. The fourth-order valence-electron chi connectivity index (χ4n) is 2.28. The Balaban J connectivity index is 1.80. The van der Waals surface area contributed by atoms with Crippen molar-refractivity contribution < 1.29 is 12.8 Å². The molecule has 2 aromatic rings. The lowest BCUT2D eigenvalue weighted by molar-refractivity contribution is 0.408. The first-order valence-corrected chi connectivity index (χ1v) is 9.19. The molecule has 1 aromatic carbocycles. The third-order valence-corrected chi connectivity index (χ3v) is 6.44. The molecule has 0 aliphatic heterocycles. The SMILES string of the molecule is O=S(=O)(c1ccc(F)cc1)N(CCc1cccs1)C1CC1. The van der Waals surface area contributed by atoms with Gasteiger partial charge in [0.2, 0.25) is 10.0 Å². The van der Waals surface area contributed by atoms with E-state index >= 15 is 0 Å². The van der Waals surface area contributed by atoms with Crippen LogP contribution in [0.4, 0.5) is 4.39 Å². The normalized spacial score (nSPS) is 15.5. The molecule has 3 rings (SSSR count). The zero-order chi connectivity index (χ0) is 14.9. The summed E-state index contributed by atoms with van der Waals surface area (Å²) in [4.78, 5) is 1.34. The van der Waals surface area contributed by atoms with E-state index in [4.69, 9.17) is 0 Å². The average Bonchev–Trinajstić information content (AvgIpc) is 3.14. The number of nitrogens with zero attached hydrogens (tertiary/aromatic N) is 1. The first kappa shape index (κ1) is 14.7. The molecule has 0 atom stereocenters. The number of rotatable bonds is 6. The van der Waals surface area contributed by atoms with Gasteiger partial charge in [-0.05, 0) is 55.0 Å². The van der Waals surface area contributed by atoms with Crippen molar-refractivity contribution in [1.29, 1.82) is 0 Å². The van der Waals surface area contributed by atoms with Crippen molar-refractivity contribution in [1.82, 2.24) is 4.31 Å². The van der Waals surface area contributed by atoms with Crippen LogP contribution in [0.5, 0.6) is 0 Å². The third kappa shape index (κ3) is 3.33. The molecule has 21 heavy (non-hydrogen) atoms. The summed E-state index contributed by atoms with van der Waals surface area (Å²) in [6.45, 7) is 0.477. The van der Waals surface area contributed by atoms with Gasteiger partial charge in [0.1, 0.15) is 5.82 Å². The highest BCUT2D eigenvalue weighted by Gasteiger charge is 2.37. The molecular formula is C15H16FNO2S2. The van der Waals surface area contributed by atoms with Gasteiger partial charge in [-0.1, -0.05) is 6.07 Å². The lowest BCUT2D eigenvalue weighted by Crippen LogP contribution is -2.34. The Bertz CT molecular complexity index is 692. The number of thiophene rings is 1. The Morgan fingerprint density at radius 2 is 1.90 bits per heavy atom. The van der Waals surface area contributed by atoms with E-state index in [2.05, 4.69) is 0 Å². The van der Waals surface area contributed by atoms with Crippen LogP contribution in [0.3, 0.4) is 0 Å². The van der Waals surface area contributed by atoms with Crippen molar-refractivity contribution in [2.24, 2.45) is 0 Å². The molecule has 0 radical (unpaired) electrons. The minimum atomic E-state index is -3.54. The molecule has 112 valence electrons.